The Morgan fingerprint density at radius 2 is 0.893 bits per heavy atom. The summed E-state index contributed by atoms with van der Waals surface area (Å²) in [5.74, 6) is 0. The topological polar surface area (TPSA) is 42.3 Å². The van der Waals surface area contributed by atoms with Gasteiger partial charge in [-0.05, 0) is 0 Å². The van der Waals surface area contributed by atoms with Gasteiger partial charge in [-0.15, -0.1) is 0 Å². The van der Waals surface area contributed by atoms with Crippen molar-refractivity contribution in [3.8, 4) is 0 Å². The van der Waals surface area contributed by atoms with Crippen molar-refractivity contribution < 1.29 is 21.7 Å². The number of nitrogens with zero attached hydrogens (tertiary/aromatic N) is 3. The van der Waals surface area contributed by atoms with E-state index in [4.69, 9.17) is 0 Å². The van der Waals surface area contributed by atoms with Crippen LogP contribution in [0.3, 0.4) is 0 Å². The summed E-state index contributed by atoms with van der Waals surface area (Å²) >= 11 is 0. The van der Waals surface area contributed by atoms with Crippen LogP contribution in [0.1, 0.15) is 54.0 Å². The van der Waals surface area contributed by atoms with Gasteiger partial charge in [0.15, 0.2) is 0 Å². The summed E-state index contributed by atoms with van der Waals surface area (Å²) in [4.78, 5) is 0. The van der Waals surface area contributed by atoms with Gasteiger partial charge in [-0.2, -0.15) is 75.2 Å². The minimum absolute atomic E-state index is 0. The van der Waals surface area contributed by atoms with Gasteiger partial charge in [-0.1, -0.05) is 54.9 Å². The fourth-order valence-electron chi connectivity index (χ4n) is 1.64. The Morgan fingerprint density at radius 1 is 0.571 bits per heavy atom. The molecule has 0 aromatic heterocycles. The standard InChI is InChI=1S/C7H9.C5H5.3C4H10N.Ti/c1-2-7-5-3-4-6-7;1-2-4-5-3-1;3*1-3-5-4-2;/h3-6H,2H2,1H3;1-5H;3*3-4H2,1-2H3;/q5*-1;. The van der Waals surface area contributed by atoms with Gasteiger partial charge in [-0.25, -0.2) is 24.3 Å². The van der Waals surface area contributed by atoms with Crippen molar-refractivity contribution in [1.82, 2.24) is 0 Å². The van der Waals surface area contributed by atoms with Gasteiger partial charge in [0.2, 0.25) is 0 Å². The molecule has 0 amide bonds. The van der Waals surface area contributed by atoms with Crippen molar-refractivity contribution in [2.24, 2.45) is 0 Å². The molecule has 0 saturated carbocycles. The quantitative estimate of drug-likeness (QED) is 0.326. The molecule has 0 aliphatic heterocycles. The van der Waals surface area contributed by atoms with Gasteiger partial charge in [-0.3, -0.25) is 0 Å². The van der Waals surface area contributed by atoms with Crippen molar-refractivity contribution in [2.75, 3.05) is 39.3 Å². The van der Waals surface area contributed by atoms with Crippen LogP contribution in [0.15, 0.2) is 54.6 Å². The summed E-state index contributed by atoms with van der Waals surface area (Å²) < 4.78 is 0. The number of rotatable bonds is 7. The van der Waals surface area contributed by atoms with Crippen LogP contribution in [0.2, 0.25) is 0 Å². The number of hydrogen-bond donors (Lipinski definition) is 0. The second kappa shape index (κ2) is 37.1. The van der Waals surface area contributed by atoms with E-state index < -0.39 is 0 Å². The molecular weight excluding hydrogens is 378 g/mol. The molecule has 0 aliphatic rings. The zero-order valence-electron chi connectivity index (χ0n) is 19.5. The third-order valence-corrected chi connectivity index (χ3v) is 3.04. The number of hydrogen-bond acceptors (Lipinski definition) is 0. The molecule has 0 heterocycles. The first-order chi connectivity index (χ1) is 13.2. The second-order valence-corrected chi connectivity index (χ2v) is 5.18. The van der Waals surface area contributed by atoms with Crippen molar-refractivity contribution in [1.29, 1.82) is 0 Å². The van der Waals surface area contributed by atoms with Crippen LogP contribution in [-0.2, 0) is 28.1 Å². The maximum absolute atomic E-state index is 3.97. The Bertz CT molecular complexity index is 348. The van der Waals surface area contributed by atoms with Crippen molar-refractivity contribution in [3.63, 3.8) is 0 Å². The minimum atomic E-state index is 0. The monoisotopic (exact) mass is 422 g/mol. The predicted octanol–water partition coefficient (Wildman–Crippen LogP) is 7.57. The molecule has 0 N–H and O–H groups in total. The van der Waals surface area contributed by atoms with Crippen molar-refractivity contribution in [2.45, 2.75) is 54.9 Å². The molecule has 2 aromatic carbocycles. The van der Waals surface area contributed by atoms with E-state index in [1.165, 1.54) is 5.56 Å². The molecule has 4 heteroatoms. The second-order valence-electron chi connectivity index (χ2n) is 5.18. The predicted molar refractivity (Wildman–Crippen MR) is 127 cm³/mol. The summed E-state index contributed by atoms with van der Waals surface area (Å²) in [6.45, 7) is 20.2. The van der Waals surface area contributed by atoms with Gasteiger partial charge >= 0.3 is 0 Å². The SMILES string of the molecule is CC[N-]CC.CC[N-]CC.CC[N-]CC.CC[c-]1cccc1.[Ti].c1cc[cH-]c1. The molecule has 0 bridgehead atoms. The molecule has 0 fully saturated rings. The Balaban J connectivity index is -0.000000129. The van der Waals surface area contributed by atoms with Crippen molar-refractivity contribution >= 4 is 0 Å². The Hall–Kier alpha value is -0.706. The van der Waals surface area contributed by atoms with E-state index in [2.05, 4.69) is 47.1 Å². The average molecular weight is 423 g/mol. The molecule has 2 aromatic rings. The van der Waals surface area contributed by atoms with E-state index in [0.29, 0.717) is 0 Å². The molecule has 0 saturated heterocycles. The fourth-order valence-corrected chi connectivity index (χ4v) is 1.64. The molecular formula is C24H44N3Ti-5. The van der Waals surface area contributed by atoms with E-state index in [0.717, 1.165) is 45.7 Å². The average Bonchev–Trinajstić information content (AvgIpc) is 3.42. The van der Waals surface area contributed by atoms with E-state index >= 15 is 0 Å². The van der Waals surface area contributed by atoms with Crippen LogP contribution in [0.4, 0.5) is 0 Å². The van der Waals surface area contributed by atoms with Crippen molar-refractivity contribution in [3.05, 3.63) is 76.1 Å². The summed E-state index contributed by atoms with van der Waals surface area (Å²) in [6.07, 6.45) is 1.16. The first-order valence-corrected chi connectivity index (χ1v) is 10.4. The summed E-state index contributed by atoms with van der Waals surface area (Å²) in [6, 6.07) is 18.4. The Kier molecular flexibility index (Phi) is 46.1. The third kappa shape index (κ3) is 40.1. The zero-order chi connectivity index (χ0) is 21.0. The molecule has 0 aliphatic carbocycles. The van der Waals surface area contributed by atoms with Gasteiger partial charge < -0.3 is 16.0 Å². The van der Waals surface area contributed by atoms with E-state index in [1.54, 1.807) is 0 Å². The van der Waals surface area contributed by atoms with Gasteiger partial charge in [0.1, 0.15) is 0 Å². The molecule has 28 heavy (non-hydrogen) atoms. The van der Waals surface area contributed by atoms with Crippen LogP contribution in [0.25, 0.3) is 16.0 Å². The first kappa shape index (κ1) is 34.8. The molecule has 0 atom stereocenters. The Labute approximate surface area is 191 Å². The van der Waals surface area contributed by atoms with E-state index in [1.807, 2.05) is 71.9 Å². The largest absolute Gasteiger partial charge is 0.663 e. The molecule has 2 rings (SSSR count). The molecule has 164 valence electrons. The molecule has 0 unspecified atom stereocenters. The summed E-state index contributed by atoms with van der Waals surface area (Å²) in [7, 11) is 0. The normalized spacial score (nSPS) is 8.25. The van der Waals surface area contributed by atoms with Crippen LogP contribution in [0, 0.1) is 0 Å². The van der Waals surface area contributed by atoms with E-state index in [9.17, 15) is 0 Å². The maximum atomic E-state index is 3.97. The zero-order valence-corrected chi connectivity index (χ0v) is 21.0. The van der Waals surface area contributed by atoms with Crippen LogP contribution in [-0.4, -0.2) is 39.3 Å². The summed E-state index contributed by atoms with van der Waals surface area (Å²) in [5, 5.41) is 11.9. The van der Waals surface area contributed by atoms with Gasteiger partial charge in [0.05, 0.1) is 0 Å². The van der Waals surface area contributed by atoms with E-state index in [-0.39, 0.29) is 21.7 Å². The van der Waals surface area contributed by atoms with Crippen LogP contribution < -0.4 is 0 Å². The maximum Gasteiger partial charge on any atom is 0 e. The third-order valence-electron chi connectivity index (χ3n) is 3.04. The Morgan fingerprint density at radius 3 is 1.00 bits per heavy atom. The first-order valence-electron chi connectivity index (χ1n) is 10.4. The number of aryl methyl sites for hydroxylation is 1. The molecule has 0 spiro atoms. The van der Waals surface area contributed by atoms with Gasteiger partial charge in [0, 0.05) is 21.7 Å². The fraction of sp³-hybridized carbons (Fsp3) is 0.583. The van der Waals surface area contributed by atoms with Crippen LogP contribution >= 0.6 is 0 Å². The molecule has 0 radical (unpaired) electrons. The summed E-state index contributed by atoms with van der Waals surface area (Å²) in [5.41, 5.74) is 1.43. The smallest absolute Gasteiger partial charge is 0 e. The minimum Gasteiger partial charge on any atom is -0.663 e. The van der Waals surface area contributed by atoms with Gasteiger partial charge in [0.25, 0.3) is 0 Å². The van der Waals surface area contributed by atoms with Crippen LogP contribution in [0.5, 0.6) is 0 Å². The molecule has 3 nitrogen and oxygen atoms in total.